The van der Waals surface area contributed by atoms with Crippen molar-refractivity contribution in [1.29, 1.82) is 0 Å². The fourth-order valence-electron chi connectivity index (χ4n) is 3.35. The average molecular weight is 371 g/mol. The molecule has 0 saturated carbocycles. The first-order chi connectivity index (χ1) is 13.5. The van der Waals surface area contributed by atoms with E-state index in [1.165, 1.54) is 16.7 Å². The quantitative estimate of drug-likeness (QED) is 0.366. The minimum absolute atomic E-state index is 0.410. The Kier molecular flexibility index (Phi) is 6.30. The fourth-order valence-corrected chi connectivity index (χ4v) is 3.35. The van der Waals surface area contributed by atoms with Gasteiger partial charge in [-0.3, -0.25) is 0 Å². The first kappa shape index (κ1) is 19.9. The summed E-state index contributed by atoms with van der Waals surface area (Å²) in [6.45, 7) is 11.0. The molecule has 2 nitrogen and oxygen atoms in total. The van der Waals surface area contributed by atoms with Gasteiger partial charge in [0, 0.05) is 11.3 Å². The van der Waals surface area contributed by atoms with E-state index in [9.17, 15) is 0 Å². The fraction of sp³-hybridized carbons (Fsp3) is 0.269. The highest BCUT2D eigenvalue weighted by molar-refractivity contribution is 6.10. The van der Waals surface area contributed by atoms with Crippen molar-refractivity contribution in [1.82, 2.24) is 0 Å². The molecule has 28 heavy (non-hydrogen) atoms. The number of hydrogen-bond acceptors (Lipinski definition) is 1. The predicted octanol–water partition coefficient (Wildman–Crippen LogP) is 7.43. The van der Waals surface area contributed by atoms with E-state index in [4.69, 9.17) is 4.99 Å². The van der Waals surface area contributed by atoms with E-state index < -0.39 is 0 Å². The van der Waals surface area contributed by atoms with Crippen molar-refractivity contribution in [2.24, 2.45) is 4.99 Å². The lowest BCUT2D eigenvalue weighted by atomic mass is 9.93. The Morgan fingerprint density at radius 1 is 0.714 bits per heavy atom. The molecule has 3 rings (SSSR count). The maximum atomic E-state index is 5.21. The van der Waals surface area contributed by atoms with Gasteiger partial charge in [0.15, 0.2) is 0 Å². The third kappa shape index (κ3) is 4.51. The summed E-state index contributed by atoms with van der Waals surface area (Å²) in [6.07, 6.45) is 0. The molecular weight excluding hydrogens is 340 g/mol. The lowest BCUT2D eigenvalue weighted by molar-refractivity contribution is 0.834. The smallest absolute Gasteiger partial charge is 0.138 e. The number of anilines is 1. The van der Waals surface area contributed by atoms with E-state index in [0.29, 0.717) is 11.8 Å². The van der Waals surface area contributed by atoms with Crippen molar-refractivity contribution in [3.8, 4) is 0 Å². The van der Waals surface area contributed by atoms with Crippen LogP contribution in [-0.4, -0.2) is 5.84 Å². The molecule has 2 heteroatoms. The summed E-state index contributed by atoms with van der Waals surface area (Å²) in [6, 6.07) is 25.3. The monoisotopic (exact) mass is 370 g/mol. The molecule has 0 bridgehead atoms. The molecule has 0 unspecified atom stereocenters. The number of benzene rings is 3. The lowest BCUT2D eigenvalue weighted by Gasteiger charge is -2.19. The number of rotatable bonds is 5. The Balaban J connectivity index is 2.19. The van der Waals surface area contributed by atoms with Crippen LogP contribution in [0.3, 0.4) is 0 Å². The summed E-state index contributed by atoms with van der Waals surface area (Å²) in [5, 5.41) is 3.59. The summed E-state index contributed by atoms with van der Waals surface area (Å²) in [5.74, 6) is 1.70. The van der Waals surface area contributed by atoms with Gasteiger partial charge >= 0.3 is 0 Å². The molecule has 0 saturated heterocycles. The first-order valence-corrected chi connectivity index (χ1v) is 10.1. The van der Waals surface area contributed by atoms with Crippen LogP contribution in [0.25, 0.3) is 0 Å². The molecule has 144 valence electrons. The van der Waals surface area contributed by atoms with Gasteiger partial charge in [0.25, 0.3) is 0 Å². The zero-order valence-electron chi connectivity index (χ0n) is 17.5. The molecule has 1 N–H and O–H groups in total. The van der Waals surface area contributed by atoms with Crippen LogP contribution in [0, 0.1) is 6.92 Å². The van der Waals surface area contributed by atoms with Crippen molar-refractivity contribution in [2.75, 3.05) is 5.32 Å². The van der Waals surface area contributed by atoms with Crippen LogP contribution in [0.5, 0.6) is 0 Å². The molecule has 0 spiro atoms. The minimum atomic E-state index is 0.410. The van der Waals surface area contributed by atoms with Gasteiger partial charge in [0.1, 0.15) is 5.84 Å². The molecule has 3 aromatic carbocycles. The van der Waals surface area contributed by atoms with Crippen LogP contribution >= 0.6 is 0 Å². The van der Waals surface area contributed by atoms with Gasteiger partial charge in [-0.1, -0.05) is 94.4 Å². The summed E-state index contributed by atoms with van der Waals surface area (Å²) >= 11 is 0. The van der Waals surface area contributed by atoms with E-state index in [1.54, 1.807) is 0 Å². The number of nitrogens with zero attached hydrogens (tertiary/aromatic N) is 1. The molecule has 0 radical (unpaired) electrons. The molecule has 0 heterocycles. The molecule has 0 aliphatic carbocycles. The molecule has 0 aromatic heterocycles. The largest absolute Gasteiger partial charge is 0.339 e. The third-order valence-corrected chi connectivity index (χ3v) is 5.01. The number of hydrogen-bond donors (Lipinski definition) is 1. The van der Waals surface area contributed by atoms with Crippen molar-refractivity contribution < 1.29 is 0 Å². The van der Waals surface area contributed by atoms with E-state index in [0.717, 1.165) is 22.8 Å². The van der Waals surface area contributed by atoms with Gasteiger partial charge in [-0.15, -0.1) is 0 Å². The van der Waals surface area contributed by atoms with Gasteiger partial charge in [0.2, 0.25) is 0 Å². The Morgan fingerprint density at radius 2 is 1.29 bits per heavy atom. The van der Waals surface area contributed by atoms with E-state index in [2.05, 4.69) is 107 Å². The molecule has 0 aliphatic heterocycles. The second-order valence-corrected chi connectivity index (χ2v) is 7.86. The van der Waals surface area contributed by atoms with E-state index >= 15 is 0 Å². The second-order valence-electron chi connectivity index (χ2n) is 7.86. The second kappa shape index (κ2) is 8.88. The van der Waals surface area contributed by atoms with Crippen molar-refractivity contribution >= 4 is 17.2 Å². The van der Waals surface area contributed by atoms with E-state index in [-0.39, 0.29) is 0 Å². The highest BCUT2D eigenvalue weighted by atomic mass is 15.0. The average Bonchev–Trinajstić information content (AvgIpc) is 2.69. The van der Waals surface area contributed by atoms with Gasteiger partial charge in [-0.2, -0.15) is 0 Å². The van der Waals surface area contributed by atoms with Crippen molar-refractivity contribution in [2.45, 2.75) is 46.5 Å². The molecule has 0 atom stereocenters. The Morgan fingerprint density at radius 3 is 1.86 bits per heavy atom. The molecule has 3 aromatic rings. The van der Waals surface area contributed by atoms with Crippen LogP contribution in [-0.2, 0) is 0 Å². The predicted molar refractivity (Wildman–Crippen MR) is 122 cm³/mol. The number of amidine groups is 1. The van der Waals surface area contributed by atoms with Gasteiger partial charge in [0.05, 0.1) is 5.69 Å². The minimum Gasteiger partial charge on any atom is -0.339 e. The molecule has 0 aliphatic rings. The molecule has 0 fully saturated rings. The topological polar surface area (TPSA) is 24.4 Å². The summed E-state index contributed by atoms with van der Waals surface area (Å²) < 4.78 is 0. The first-order valence-electron chi connectivity index (χ1n) is 10.1. The normalized spacial score (nSPS) is 11.9. The highest BCUT2D eigenvalue weighted by Crippen LogP contribution is 2.35. The van der Waals surface area contributed by atoms with Crippen LogP contribution in [0.4, 0.5) is 11.4 Å². The van der Waals surface area contributed by atoms with Crippen LogP contribution < -0.4 is 5.32 Å². The number of aryl methyl sites for hydroxylation is 1. The maximum absolute atomic E-state index is 5.21. The maximum Gasteiger partial charge on any atom is 0.138 e. The zero-order chi connectivity index (χ0) is 20.1. The standard InChI is InChI=1S/C26H30N2/c1-18(2)22-15-11-16-23(19(3)4)25(22)28-26(21-13-7-6-8-14-21)27-24-17-10-9-12-20(24)5/h6-19H,1-5H3,(H,27,28). The number of aliphatic imine (C=N–C) groups is 1. The van der Waals surface area contributed by atoms with Gasteiger partial charge < -0.3 is 5.32 Å². The van der Waals surface area contributed by atoms with Crippen LogP contribution in [0.1, 0.15) is 61.8 Å². The summed E-state index contributed by atoms with van der Waals surface area (Å²) in [4.78, 5) is 5.21. The number of para-hydroxylation sites is 2. The van der Waals surface area contributed by atoms with Gasteiger partial charge in [-0.05, 0) is 41.5 Å². The Bertz CT molecular complexity index is 927. The molecular formula is C26H30N2. The highest BCUT2D eigenvalue weighted by Gasteiger charge is 2.15. The Hall–Kier alpha value is -2.87. The van der Waals surface area contributed by atoms with Crippen LogP contribution in [0.15, 0.2) is 77.8 Å². The van der Waals surface area contributed by atoms with Gasteiger partial charge in [-0.25, -0.2) is 4.99 Å². The number of nitrogens with one attached hydrogen (secondary N) is 1. The third-order valence-electron chi connectivity index (χ3n) is 5.01. The summed E-state index contributed by atoms with van der Waals surface area (Å²) in [5.41, 5.74) is 7.02. The summed E-state index contributed by atoms with van der Waals surface area (Å²) in [7, 11) is 0. The zero-order valence-corrected chi connectivity index (χ0v) is 17.5. The van der Waals surface area contributed by atoms with E-state index in [1.807, 2.05) is 6.07 Å². The molecule has 0 amide bonds. The van der Waals surface area contributed by atoms with Crippen molar-refractivity contribution in [3.05, 3.63) is 95.1 Å². The van der Waals surface area contributed by atoms with Crippen LogP contribution in [0.2, 0.25) is 0 Å². The Labute approximate surface area is 169 Å². The lowest BCUT2D eigenvalue weighted by Crippen LogP contribution is -2.14. The van der Waals surface area contributed by atoms with Crippen molar-refractivity contribution in [3.63, 3.8) is 0 Å². The SMILES string of the molecule is Cc1ccccc1NC(=Nc1c(C(C)C)cccc1C(C)C)c1ccccc1.